The van der Waals surface area contributed by atoms with Crippen LogP contribution in [0.4, 0.5) is 11.4 Å². The van der Waals surface area contributed by atoms with E-state index < -0.39 is 0 Å². The van der Waals surface area contributed by atoms with Crippen LogP contribution in [0.25, 0.3) is 22.5 Å². The summed E-state index contributed by atoms with van der Waals surface area (Å²) < 4.78 is 5.30. The molecule has 2 aromatic carbocycles. The molecule has 2 N–H and O–H groups in total. The molecule has 0 unspecified atom stereocenters. The lowest BCUT2D eigenvalue weighted by atomic mass is 10.2. The highest BCUT2D eigenvalue weighted by molar-refractivity contribution is 9.10. The lowest BCUT2D eigenvalue weighted by molar-refractivity contribution is 0.100. The van der Waals surface area contributed by atoms with Crippen molar-refractivity contribution < 1.29 is 9.59 Å². The molecule has 10 nitrogen and oxygen atoms in total. The number of anilines is 2. The van der Waals surface area contributed by atoms with E-state index in [9.17, 15) is 9.59 Å². The number of rotatable bonds is 11. The molecule has 0 atom stereocenters. The Hall–Kier alpha value is -4.94. The molecule has 48 heavy (non-hydrogen) atoms. The first-order valence-electron chi connectivity index (χ1n) is 15.4. The molecule has 0 fully saturated rings. The summed E-state index contributed by atoms with van der Waals surface area (Å²) >= 11 is 7.08. The van der Waals surface area contributed by atoms with Crippen molar-refractivity contribution >= 4 is 55.0 Å². The van der Waals surface area contributed by atoms with E-state index in [0.29, 0.717) is 60.1 Å². The standard InChI is InChI=1S/C36H32Br2N8O2/c1-23-5-7-27(19-29(23)37)41-35(47)33-21-31(25-9-13-39-14-10-25)43-45(33)17-3-4-18-46-34(22-32(44-46)26-11-15-40-16-12-26)36(48)42-28-8-6-24(2)30(38)20-28/h5-16,19-22H,3-4,17-18H2,1-2H3,(H,41,47)(H,42,48). The van der Waals surface area contributed by atoms with Gasteiger partial charge in [-0.3, -0.25) is 28.9 Å². The highest BCUT2D eigenvalue weighted by Crippen LogP contribution is 2.25. The van der Waals surface area contributed by atoms with Crippen LogP contribution in [0.5, 0.6) is 0 Å². The predicted octanol–water partition coefficient (Wildman–Crippen LogP) is 8.33. The zero-order valence-corrected chi connectivity index (χ0v) is 29.5. The normalized spacial score (nSPS) is 11.0. The monoisotopic (exact) mass is 766 g/mol. The van der Waals surface area contributed by atoms with Crippen LogP contribution in [-0.2, 0) is 13.1 Å². The molecule has 0 saturated carbocycles. The topological polar surface area (TPSA) is 120 Å². The molecule has 0 spiro atoms. The van der Waals surface area contributed by atoms with Gasteiger partial charge < -0.3 is 10.6 Å². The van der Waals surface area contributed by atoms with Gasteiger partial charge in [0.15, 0.2) is 0 Å². The predicted molar refractivity (Wildman–Crippen MR) is 194 cm³/mol. The zero-order valence-electron chi connectivity index (χ0n) is 26.3. The van der Waals surface area contributed by atoms with Crippen molar-refractivity contribution in [1.82, 2.24) is 29.5 Å². The molecule has 0 aliphatic carbocycles. The van der Waals surface area contributed by atoms with Crippen LogP contribution in [0.3, 0.4) is 0 Å². The van der Waals surface area contributed by atoms with Crippen LogP contribution >= 0.6 is 31.9 Å². The highest BCUT2D eigenvalue weighted by Gasteiger charge is 2.19. The van der Waals surface area contributed by atoms with Gasteiger partial charge in [-0.05, 0) is 98.5 Å². The molecule has 6 rings (SSSR count). The van der Waals surface area contributed by atoms with E-state index in [4.69, 9.17) is 10.2 Å². The summed E-state index contributed by atoms with van der Waals surface area (Å²) in [5.74, 6) is -0.511. The fraction of sp³-hybridized carbons (Fsp3) is 0.167. The maximum atomic E-state index is 13.5. The van der Waals surface area contributed by atoms with Crippen LogP contribution in [0.15, 0.2) is 107 Å². The highest BCUT2D eigenvalue weighted by atomic mass is 79.9. The van der Waals surface area contributed by atoms with Gasteiger partial charge in [0.25, 0.3) is 11.8 Å². The second-order valence-electron chi connectivity index (χ2n) is 11.3. The van der Waals surface area contributed by atoms with Crippen LogP contribution in [0, 0.1) is 13.8 Å². The summed E-state index contributed by atoms with van der Waals surface area (Å²) in [6.07, 6.45) is 8.18. The molecule has 4 heterocycles. The summed E-state index contributed by atoms with van der Waals surface area (Å²) in [6, 6.07) is 22.5. The van der Waals surface area contributed by atoms with Gasteiger partial charge in [-0.1, -0.05) is 44.0 Å². The summed E-state index contributed by atoms with van der Waals surface area (Å²) in [5.41, 5.74) is 7.51. The molecule has 0 aliphatic rings. The summed E-state index contributed by atoms with van der Waals surface area (Å²) in [4.78, 5) is 35.2. The van der Waals surface area contributed by atoms with Crippen molar-refractivity contribution in [3.63, 3.8) is 0 Å². The minimum Gasteiger partial charge on any atom is -0.321 e. The van der Waals surface area contributed by atoms with Crippen molar-refractivity contribution in [3.05, 3.63) is 129 Å². The minimum atomic E-state index is -0.255. The third kappa shape index (κ3) is 7.77. The Balaban J connectivity index is 1.20. The minimum absolute atomic E-state index is 0.255. The Morgan fingerprint density at radius 2 is 1.00 bits per heavy atom. The van der Waals surface area contributed by atoms with Gasteiger partial charge in [0.2, 0.25) is 0 Å². The summed E-state index contributed by atoms with van der Waals surface area (Å²) in [7, 11) is 0. The average Bonchev–Trinajstić information content (AvgIpc) is 3.73. The Bertz CT molecular complexity index is 1930. The second-order valence-corrected chi connectivity index (χ2v) is 13.0. The van der Waals surface area contributed by atoms with Gasteiger partial charge in [0.1, 0.15) is 11.4 Å². The van der Waals surface area contributed by atoms with Crippen LogP contribution < -0.4 is 10.6 Å². The fourth-order valence-corrected chi connectivity index (χ4v) is 5.88. The molecule has 0 radical (unpaired) electrons. The number of aromatic nitrogens is 6. The van der Waals surface area contributed by atoms with Crippen molar-refractivity contribution in [2.75, 3.05) is 10.6 Å². The Labute approximate surface area is 294 Å². The number of hydrogen-bond acceptors (Lipinski definition) is 6. The molecule has 0 bridgehead atoms. The number of amides is 2. The number of nitrogens with zero attached hydrogens (tertiary/aromatic N) is 6. The first-order valence-corrected chi connectivity index (χ1v) is 17.0. The second kappa shape index (κ2) is 14.9. The Morgan fingerprint density at radius 3 is 1.38 bits per heavy atom. The summed E-state index contributed by atoms with van der Waals surface area (Å²) in [5, 5.41) is 15.6. The van der Waals surface area contributed by atoms with E-state index in [2.05, 4.69) is 52.5 Å². The largest absolute Gasteiger partial charge is 0.321 e. The molecular formula is C36H32Br2N8O2. The van der Waals surface area contributed by atoms with Crippen molar-refractivity contribution in [3.8, 4) is 22.5 Å². The molecule has 0 saturated heterocycles. The number of nitrogens with one attached hydrogen (secondary N) is 2. The zero-order chi connectivity index (χ0) is 33.6. The molecule has 0 aliphatic heterocycles. The van der Waals surface area contributed by atoms with Gasteiger partial charge in [-0.25, -0.2) is 0 Å². The molecule has 4 aromatic heterocycles. The molecular weight excluding hydrogens is 736 g/mol. The van der Waals surface area contributed by atoms with Crippen LogP contribution in [0.2, 0.25) is 0 Å². The first kappa shape index (κ1) is 33.0. The number of carbonyl (C=O) groups is 2. The van der Waals surface area contributed by atoms with Gasteiger partial charge >= 0.3 is 0 Å². The van der Waals surface area contributed by atoms with E-state index in [-0.39, 0.29) is 11.8 Å². The smallest absolute Gasteiger partial charge is 0.273 e. The summed E-state index contributed by atoms with van der Waals surface area (Å²) in [6.45, 7) is 4.96. The van der Waals surface area contributed by atoms with Crippen molar-refractivity contribution in [2.45, 2.75) is 39.8 Å². The van der Waals surface area contributed by atoms with Gasteiger partial charge in [0, 0.05) is 69.3 Å². The number of pyridine rings is 2. The lowest BCUT2D eigenvalue weighted by Crippen LogP contribution is -2.19. The number of aryl methyl sites for hydroxylation is 4. The third-order valence-electron chi connectivity index (χ3n) is 7.83. The number of unbranched alkanes of at least 4 members (excludes halogenated alkanes) is 1. The number of hydrogen-bond donors (Lipinski definition) is 2. The fourth-order valence-electron chi connectivity index (χ4n) is 5.12. The number of halogens is 2. The number of carbonyl (C=O) groups excluding carboxylic acids is 2. The van der Waals surface area contributed by atoms with E-state index >= 15 is 0 Å². The molecule has 2 amide bonds. The maximum Gasteiger partial charge on any atom is 0.273 e. The van der Waals surface area contributed by atoms with E-state index in [1.54, 1.807) is 46.3 Å². The average molecular weight is 769 g/mol. The van der Waals surface area contributed by atoms with Crippen molar-refractivity contribution in [1.29, 1.82) is 0 Å². The Kier molecular flexibility index (Phi) is 10.2. The Morgan fingerprint density at radius 1 is 0.604 bits per heavy atom. The quantitative estimate of drug-likeness (QED) is 0.128. The van der Waals surface area contributed by atoms with Crippen LogP contribution in [0.1, 0.15) is 44.9 Å². The van der Waals surface area contributed by atoms with E-state index in [1.807, 2.05) is 74.5 Å². The molecule has 12 heteroatoms. The molecule has 6 aromatic rings. The van der Waals surface area contributed by atoms with Crippen molar-refractivity contribution in [2.24, 2.45) is 0 Å². The molecule has 242 valence electrons. The SMILES string of the molecule is Cc1ccc(NC(=O)c2cc(-c3ccncc3)nn2CCCCn2nc(-c3ccncc3)cc2C(=O)Nc2ccc(C)c(Br)c2)cc1Br. The van der Waals surface area contributed by atoms with E-state index in [1.165, 1.54) is 0 Å². The lowest BCUT2D eigenvalue weighted by Gasteiger charge is -2.11. The van der Waals surface area contributed by atoms with Gasteiger partial charge in [-0.15, -0.1) is 0 Å². The maximum absolute atomic E-state index is 13.5. The first-order chi connectivity index (χ1) is 23.2. The van der Waals surface area contributed by atoms with Gasteiger partial charge in [-0.2, -0.15) is 10.2 Å². The third-order valence-corrected chi connectivity index (χ3v) is 9.54. The number of benzene rings is 2. The van der Waals surface area contributed by atoms with E-state index in [0.717, 1.165) is 31.2 Å². The van der Waals surface area contributed by atoms with Crippen LogP contribution in [-0.4, -0.2) is 41.3 Å². The van der Waals surface area contributed by atoms with Gasteiger partial charge in [0.05, 0.1) is 11.4 Å².